The number of aliphatic carboxylic acids is 1. The number of ether oxygens (including phenoxy) is 2. The molecule has 4 rings (SSSR count). The van der Waals surface area contributed by atoms with Gasteiger partial charge in [-0.1, -0.05) is 18.2 Å². The molecular weight excluding hydrogens is 325 g/mol. The zero-order valence-electron chi connectivity index (χ0n) is 13.7. The van der Waals surface area contributed by atoms with Crippen molar-refractivity contribution in [2.45, 2.75) is 12.0 Å². The standard InChI is InChI=1S/C19H18FNO4/c1-21-9-14(12-4-7-15-16(8-12)25-10-24-15)17(19(22)23)18(21)11-2-5-13(20)6-3-11/h2-8,14,17-18H,9-10H2,1H3,(H,22,23). The van der Waals surface area contributed by atoms with Gasteiger partial charge >= 0.3 is 5.97 Å². The Labute approximate surface area is 144 Å². The van der Waals surface area contributed by atoms with Crippen molar-refractivity contribution in [2.75, 3.05) is 20.4 Å². The van der Waals surface area contributed by atoms with Gasteiger partial charge in [0.2, 0.25) is 6.79 Å². The topological polar surface area (TPSA) is 59.0 Å². The minimum atomic E-state index is -0.860. The molecule has 0 spiro atoms. The van der Waals surface area contributed by atoms with E-state index in [9.17, 15) is 14.3 Å². The van der Waals surface area contributed by atoms with Crippen molar-refractivity contribution in [3.8, 4) is 11.5 Å². The van der Waals surface area contributed by atoms with E-state index in [-0.39, 0.29) is 24.6 Å². The van der Waals surface area contributed by atoms with Crippen molar-refractivity contribution in [1.29, 1.82) is 0 Å². The van der Waals surface area contributed by atoms with Crippen LogP contribution in [0.1, 0.15) is 23.1 Å². The molecule has 1 saturated heterocycles. The van der Waals surface area contributed by atoms with Gasteiger partial charge in [-0.2, -0.15) is 0 Å². The third-order valence-corrected chi connectivity index (χ3v) is 5.05. The summed E-state index contributed by atoms with van der Waals surface area (Å²) in [5.41, 5.74) is 1.72. The highest BCUT2D eigenvalue weighted by atomic mass is 19.1. The quantitative estimate of drug-likeness (QED) is 0.928. The lowest BCUT2D eigenvalue weighted by Crippen LogP contribution is -2.26. The molecule has 2 aliphatic heterocycles. The molecule has 0 amide bonds. The zero-order chi connectivity index (χ0) is 17.6. The second-order valence-corrected chi connectivity index (χ2v) is 6.52. The van der Waals surface area contributed by atoms with Crippen molar-refractivity contribution < 1.29 is 23.8 Å². The van der Waals surface area contributed by atoms with Crippen LogP contribution in [0.2, 0.25) is 0 Å². The van der Waals surface area contributed by atoms with Crippen LogP contribution in [0.3, 0.4) is 0 Å². The minimum Gasteiger partial charge on any atom is -0.481 e. The van der Waals surface area contributed by atoms with Gasteiger partial charge in [-0.25, -0.2) is 4.39 Å². The molecule has 5 nitrogen and oxygen atoms in total. The van der Waals surface area contributed by atoms with E-state index in [1.54, 1.807) is 12.1 Å². The first kappa shape index (κ1) is 15.9. The fourth-order valence-corrected chi connectivity index (χ4v) is 3.92. The molecule has 0 bridgehead atoms. The summed E-state index contributed by atoms with van der Waals surface area (Å²) in [5.74, 6) is -0.681. The Balaban J connectivity index is 1.71. The number of likely N-dealkylation sites (tertiary alicyclic amines) is 1. The summed E-state index contributed by atoms with van der Waals surface area (Å²) < 4.78 is 24.0. The highest BCUT2D eigenvalue weighted by molar-refractivity contribution is 5.73. The second-order valence-electron chi connectivity index (χ2n) is 6.52. The maximum absolute atomic E-state index is 13.2. The molecule has 0 radical (unpaired) electrons. The second kappa shape index (κ2) is 6.04. The van der Waals surface area contributed by atoms with E-state index in [2.05, 4.69) is 0 Å². The van der Waals surface area contributed by atoms with Gasteiger partial charge in [0.15, 0.2) is 11.5 Å². The maximum atomic E-state index is 13.2. The summed E-state index contributed by atoms with van der Waals surface area (Å²) in [6, 6.07) is 11.3. The summed E-state index contributed by atoms with van der Waals surface area (Å²) in [5, 5.41) is 9.89. The van der Waals surface area contributed by atoms with Gasteiger partial charge in [-0.15, -0.1) is 0 Å². The summed E-state index contributed by atoms with van der Waals surface area (Å²) in [7, 11) is 1.90. The SMILES string of the molecule is CN1CC(c2ccc3c(c2)OCO3)C(C(=O)O)C1c1ccc(F)cc1. The van der Waals surface area contributed by atoms with Gasteiger partial charge in [-0.3, -0.25) is 9.69 Å². The largest absolute Gasteiger partial charge is 0.481 e. The average molecular weight is 343 g/mol. The van der Waals surface area contributed by atoms with Crippen LogP contribution >= 0.6 is 0 Å². The molecule has 2 heterocycles. The van der Waals surface area contributed by atoms with Crippen molar-refractivity contribution in [3.05, 3.63) is 59.4 Å². The Morgan fingerprint density at radius 3 is 2.52 bits per heavy atom. The first-order valence-electron chi connectivity index (χ1n) is 8.12. The smallest absolute Gasteiger partial charge is 0.309 e. The number of fused-ring (bicyclic) bond motifs is 1. The van der Waals surface area contributed by atoms with E-state index >= 15 is 0 Å². The van der Waals surface area contributed by atoms with Crippen LogP contribution in [-0.2, 0) is 4.79 Å². The van der Waals surface area contributed by atoms with Crippen molar-refractivity contribution in [3.63, 3.8) is 0 Å². The number of carbonyl (C=O) groups is 1. The molecule has 2 aliphatic rings. The molecule has 0 saturated carbocycles. The molecule has 25 heavy (non-hydrogen) atoms. The molecule has 2 aromatic rings. The molecular formula is C19H18FNO4. The highest BCUT2D eigenvalue weighted by Gasteiger charge is 2.46. The van der Waals surface area contributed by atoms with Gasteiger partial charge in [-0.05, 0) is 42.4 Å². The van der Waals surface area contributed by atoms with Crippen LogP contribution < -0.4 is 9.47 Å². The number of likely N-dealkylation sites (N-methyl/N-ethyl adjacent to an activating group) is 1. The molecule has 0 aliphatic carbocycles. The molecule has 6 heteroatoms. The van der Waals surface area contributed by atoms with Crippen LogP contribution in [-0.4, -0.2) is 36.4 Å². The monoisotopic (exact) mass is 343 g/mol. The predicted octanol–water partition coefficient (Wildman–Crippen LogP) is 3.03. The third kappa shape index (κ3) is 2.72. The first-order chi connectivity index (χ1) is 12.0. The van der Waals surface area contributed by atoms with E-state index < -0.39 is 11.9 Å². The predicted molar refractivity (Wildman–Crippen MR) is 88.2 cm³/mol. The first-order valence-corrected chi connectivity index (χ1v) is 8.12. The molecule has 3 unspecified atom stereocenters. The molecule has 1 fully saturated rings. The Morgan fingerprint density at radius 1 is 1.12 bits per heavy atom. The lowest BCUT2D eigenvalue weighted by molar-refractivity contribution is -0.143. The molecule has 2 aromatic carbocycles. The Morgan fingerprint density at radius 2 is 1.80 bits per heavy atom. The summed E-state index contributed by atoms with van der Waals surface area (Å²) in [6.45, 7) is 0.780. The Hall–Kier alpha value is -2.60. The number of rotatable bonds is 3. The third-order valence-electron chi connectivity index (χ3n) is 5.05. The molecule has 130 valence electrons. The number of hydrogen-bond acceptors (Lipinski definition) is 4. The number of hydrogen-bond donors (Lipinski definition) is 1. The summed E-state index contributed by atoms with van der Waals surface area (Å²) in [4.78, 5) is 14.1. The lowest BCUT2D eigenvalue weighted by Gasteiger charge is -2.24. The van der Waals surface area contributed by atoms with Crippen molar-refractivity contribution in [1.82, 2.24) is 4.90 Å². The Kier molecular flexibility index (Phi) is 3.84. The number of nitrogens with zero attached hydrogens (tertiary/aromatic N) is 1. The van der Waals surface area contributed by atoms with Crippen LogP contribution in [0.4, 0.5) is 4.39 Å². The van der Waals surface area contributed by atoms with E-state index in [1.165, 1.54) is 12.1 Å². The van der Waals surface area contributed by atoms with E-state index in [0.717, 1.165) is 11.1 Å². The van der Waals surface area contributed by atoms with Gasteiger partial charge in [0.25, 0.3) is 0 Å². The summed E-state index contributed by atoms with van der Waals surface area (Å²) >= 11 is 0. The fourth-order valence-electron chi connectivity index (χ4n) is 3.92. The average Bonchev–Trinajstić information content (AvgIpc) is 3.19. The zero-order valence-corrected chi connectivity index (χ0v) is 13.7. The van der Waals surface area contributed by atoms with Crippen molar-refractivity contribution in [2.24, 2.45) is 5.92 Å². The van der Waals surface area contributed by atoms with Crippen molar-refractivity contribution >= 4 is 5.97 Å². The van der Waals surface area contributed by atoms with Gasteiger partial charge in [0.05, 0.1) is 5.92 Å². The van der Waals surface area contributed by atoms with Crippen LogP contribution in [0.15, 0.2) is 42.5 Å². The van der Waals surface area contributed by atoms with E-state index in [1.807, 2.05) is 30.1 Å². The maximum Gasteiger partial charge on any atom is 0.309 e. The number of halogens is 1. The molecule has 1 N–H and O–H groups in total. The summed E-state index contributed by atoms with van der Waals surface area (Å²) in [6.07, 6.45) is 0. The lowest BCUT2D eigenvalue weighted by atomic mass is 9.83. The van der Waals surface area contributed by atoms with E-state index in [4.69, 9.17) is 9.47 Å². The normalized spacial score (nSPS) is 25.3. The van der Waals surface area contributed by atoms with Gasteiger partial charge in [0, 0.05) is 18.5 Å². The minimum absolute atomic E-state index is 0.184. The fraction of sp³-hybridized carbons (Fsp3) is 0.316. The molecule has 0 aromatic heterocycles. The van der Waals surface area contributed by atoms with Crippen LogP contribution in [0.25, 0.3) is 0 Å². The van der Waals surface area contributed by atoms with Crippen LogP contribution in [0.5, 0.6) is 11.5 Å². The number of carboxylic acid groups (broad SMARTS) is 1. The Bertz CT molecular complexity index is 808. The number of benzene rings is 2. The van der Waals surface area contributed by atoms with Gasteiger partial charge < -0.3 is 14.6 Å². The van der Waals surface area contributed by atoms with E-state index in [0.29, 0.717) is 18.0 Å². The highest BCUT2D eigenvalue weighted by Crippen LogP contribution is 2.46. The molecule has 3 atom stereocenters. The number of carboxylic acids is 1. The van der Waals surface area contributed by atoms with Gasteiger partial charge in [0.1, 0.15) is 5.82 Å². The van der Waals surface area contributed by atoms with Crippen LogP contribution in [0, 0.1) is 11.7 Å².